The highest BCUT2D eigenvalue weighted by Crippen LogP contribution is 2.48. The summed E-state index contributed by atoms with van der Waals surface area (Å²) in [5.74, 6) is -1.26. The van der Waals surface area contributed by atoms with Gasteiger partial charge in [0, 0.05) is 23.5 Å². The van der Waals surface area contributed by atoms with Crippen molar-refractivity contribution in [2.24, 2.45) is 5.41 Å². The van der Waals surface area contributed by atoms with Crippen LogP contribution in [0.25, 0.3) is 0 Å². The van der Waals surface area contributed by atoms with Crippen molar-refractivity contribution in [1.29, 1.82) is 0 Å². The van der Waals surface area contributed by atoms with Crippen LogP contribution in [0.1, 0.15) is 29.6 Å². The van der Waals surface area contributed by atoms with Gasteiger partial charge in [0.25, 0.3) is 11.6 Å². The summed E-state index contributed by atoms with van der Waals surface area (Å²) < 4.78 is 13.3. The molecule has 0 radical (unpaired) electrons. The molecule has 0 saturated heterocycles. The average Bonchev–Trinajstić information content (AvgIpc) is 3.16. The van der Waals surface area contributed by atoms with Gasteiger partial charge in [-0.15, -0.1) is 0 Å². The number of nitrogens with one attached hydrogen (secondary N) is 1. The van der Waals surface area contributed by atoms with Crippen LogP contribution in [0.3, 0.4) is 0 Å². The number of benzene rings is 1. The van der Waals surface area contributed by atoms with E-state index in [1.807, 2.05) is 0 Å². The second kappa shape index (κ2) is 5.87. The summed E-state index contributed by atoms with van der Waals surface area (Å²) in [5.41, 5.74) is -0.304. The number of non-ortho nitro benzene ring substituents is 1. The summed E-state index contributed by atoms with van der Waals surface area (Å²) in [4.78, 5) is 21.9. The van der Waals surface area contributed by atoms with E-state index in [-0.39, 0.29) is 11.0 Å². The summed E-state index contributed by atoms with van der Waals surface area (Å²) in [5, 5.41) is 14.2. The summed E-state index contributed by atoms with van der Waals surface area (Å²) in [6, 6.07) is 2.89. The fraction of sp³-hybridized carbons (Fsp3) is 0.462. The summed E-state index contributed by atoms with van der Waals surface area (Å²) in [6.07, 6.45) is 3.08. The number of rotatable bonds is 6. The van der Waals surface area contributed by atoms with Crippen LogP contribution in [0.2, 0.25) is 0 Å². The lowest BCUT2D eigenvalue weighted by molar-refractivity contribution is -0.385. The van der Waals surface area contributed by atoms with Gasteiger partial charge in [0.05, 0.1) is 11.0 Å². The number of hydrogen-bond donors (Lipinski definition) is 1. The van der Waals surface area contributed by atoms with Crippen LogP contribution in [0.5, 0.6) is 0 Å². The molecule has 0 atom stereocenters. The Morgan fingerprint density at radius 1 is 1.45 bits per heavy atom. The van der Waals surface area contributed by atoms with Crippen LogP contribution in [0, 0.1) is 21.3 Å². The highest BCUT2D eigenvalue weighted by atomic mass is 79.9. The van der Waals surface area contributed by atoms with Crippen molar-refractivity contribution in [2.75, 3.05) is 11.9 Å². The molecule has 1 saturated carbocycles. The molecule has 1 aliphatic rings. The number of hydrogen-bond acceptors (Lipinski definition) is 3. The fourth-order valence-electron chi connectivity index (χ4n) is 2.07. The van der Waals surface area contributed by atoms with E-state index in [0.717, 1.165) is 42.8 Å². The van der Waals surface area contributed by atoms with Gasteiger partial charge in [0.2, 0.25) is 0 Å². The molecule has 1 amide bonds. The van der Waals surface area contributed by atoms with Crippen molar-refractivity contribution >= 4 is 27.5 Å². The maximum atomic E-state index is 13.3. The van der Waals surface area contributed by atoms with E-state index >= 15 is 0 Å². The number of alkyl halides is 1. The van der Waals surface area contributed by atoms with E-state index < -0.39 is 22.3 Å². The molecule has 0 aromatic heterocycles. The van der Waals surface area contributed by atoms with E-state index in [1.165, 1.54) is 0 Å². The van der Waals surface area contributed by atoms with E-state index in [1.54, 1.807) is 0 Å². The van der Waals surface area contributed by atoms with Crippen molar-refractivity contribution in [2.45, 2.75) is 19.3 Å². The van der Waals surface area contributed by atoms with Gasteiger partial charge >= 0.3 is 0 Å². The van der Waals surface area contributed by atoms with E-state index in [4.69, 9.17) is 0 Å². The first-order valence-corrected chi connectivity index (χ1v) is 7.37. The fourth-order valence-corrected chi connectivity index (χ4v) is 2.91. The van der Waals surface area contributed by atoms with Gasteiger partial charge in [-0.3, -0.25) is 14.9 Å². The van der Waals surface area contributed by atoms with E-state index in [9.17, 15) is 19.3 Å². The van der Waals surface area contributed by atoms with Gasteiger partial charge < -0.3 is 5.32 Å². The van der Waals surface area contributed by atoms with Crippen LogP contribution in [0.4, 0.5) is 10.1 Å². The zero-order valence-electron chi connectivity index (χ0n) is 10.7. The van der Waals surface area contributed by atoms with Crippen molar-refractivity contribution in [3.63, 3.8) is 0 Å². The van der Waals surface area contributed by atoms with Crippen LogP contribution >= 0.6 is 15.9 Å². The quantitative estimate of drug-likeness (QED) is 0.489. The smallest absolute Gasteiger partial charge is 0.273 e. The molecule has 0 spiro atoms. The highest BCUT2D eigenvalue weighted by Gasteiger charge is 2.41. The first-order valence-electron chi connectivity index (χ1n) is 6.25. The van der Waals surface area contributed by atoms with Crippen molar-refractivity contribution in [1.82, 2.24) is 5.32 Å². The predicted octanol–water partition coefficient (Wildman–Crippen LogP) is 3.03. The zero-order chi connectivity index (χ0) is 14.8. The highest BCUT2D eigenvalue weighted by molar-refractivity contribution is 9.09. The van der Waals surface area contributed by atoms with Crippen molar-refractivity contribution < 1.29 is 14.1 Å². The topological polar surface area (TPSA) is 72.2 Å². The molecule has 20 heavy (non-hydrogen) atoms. The minimum Gasteiger partial charge on any atom is -0.351 e. The summed E-state index contributed by atoms with van der Waals surface area (Å²) in [6.45, 7) is 0.516. The number of carbonyl (C=O) groups excluding carboxylic acids is 1. The van der Waals surface area contributed by atoms with Crippen LogP contribution in [0.15, 0.2) is 18.2 Å². The van der Waals surface area contributed by atoms with Crippen LogP contribution < -0.4 is 5.32 Å². The number of halogens is 2. The maximum absolute atomic E-state index is 13.3. The molecule has 1 fully saturated rings. The SMILES string of the molecule is O=C(NCC1(CCBr)CC1)c1cc(F)cc([N+](=O)[O-])c1. The molecule has 2 rings (SSSR count). The Labute approximate surface area is 123 Å². The normalized spacial score (nSPS) is 15.7. The Morgan fingerprint density at radius 2 is 2.15 bits per heavy atom. The first kappa shape index (κ1) is 14.9. The molecule has 1 aliphatic carbocycles. The van der Waals surface area contributed by atoms with Crippen molar-refractivity contribution in [3.8, 4) is 0 Å². The van der Waals surface area contributed by atoms with Crippen molar-refractivity contribution in [3.05, 3.63) is 39.7 Å². The molecule has 0 unspecified atom stereocenters. The molecule has 0 aliphatic heterocycles. The minimum atomic E-state index is -0.786. The van der Waals surface area contributed by atoms with Gasteiger partial charge in [0.15, 0.2) is 0 Å². The lowest BCUT2D eigenvalue weighted by Crippen LogP contribution is -2.30. The Bertz CT molecular complexity index is 546. The van der Waals surface area contributed by atoms with Crippen LogP contribution in [-0.4, -0.2) is 22.7 Å². The monoisotopic (exact) mass is 344 g/mol. The van der Waals surface area contributed by atoms with Gasteiger partial charge in [-0.2, -0.15) is 0 Å². The second-order valence-corrected chi connectivity index (χ2v) is 5.87. The average molecular weight is 345 g/mol. The largest absolute Gasteiger partial charge is 0.351 e. The zero-order valence-corrected chi connectivity index (χ0v) is 12.3. The summed E-state index contributed by atoms with van der Waals surface area (Å²) in [7, 11) is 0. The molecular weight excluding hydrogens is 331 g/mol. The number of amides is 1. The minimum absolute atomic E-state index is 0.0219. The molecule has 108 valence electrons. The Morgan fingerprint density at radius 3 is 2.70 bits per heavy atom. The van der Waals surface area contributed by atoms with Gasteiger partial charge in [-0.1, -0.05) is 15.9 Å². The lowest BCUT2D eigenvalue weighted by Gasteiger charge is -2.14. The van der Waals surface area contributed by atoms with Gasteiger partial charge in [-0.25, -0.2) is 4.39 Å². The third kappa shape index (κ3) is 3.53. The molecule has 1 aromatic carbocycles. The first-order chi connectivity index (χ1) is 9.46. The number of nitro benzene ring substituents is 1. The van der Waals surface area contributed by atoms with E-state index in [2.05, 4.69) is 21.2 Å². The molecule has 7 heteroatoms. The number of nitrogens with zero attached hydrogens (tertiary/aromatic N) is 1. The standard InChI is InChI=1S/C13H14BrFN2O3/c14-4-3-13(1-2-13)8-16-12(18)9-5-10(15)7-11(6-9)17(19)20/h5-7H,1-4,8H2,(H,16,18). The number of nitro groups is 1. The summed E-state index contributed by atoms with van der Waals surface area (Å²) >= 11 is 3.37. The van der Waals surface area contributed by atoms with Gasteiger partial charge in [-0.05, 0) is 30.7 Å². The lowest BCUT2D eigenvalue weighted by atomic mass is 10.0. The molecule has 1 N–H and O–H groups in total. The molecule has 0 heterocycles. The van der Waals surface area contributed by atoms with E-state index in [0.29, 0.717) is 6.54 Å². The Hall–Kier alpha value is -1.50. The maximum Gasteiger partial charge on any atom is 0.273 e. The van der Waals surface area contributed by atoms with Crippen LogP contribution in [-0.2, 0) is 0 Å². The Balaban J connectivity index is 2.04. The molecule has 0 bridgehead atoms. The second-order valence-electron chi connectivity index (χ2n) is 5.08. The molecular formula is C13H14BrFN2O3. The Kier molecular flexibility index (Phi) is 4.37. The third-order valence-electron chi connectivity index (χ3n) is 3.56. The molecule has 5 nitrogen and oxygen atoms in total. The van der Waals surface area contributed by atoms with Gasteiger partial charge in [0.1, 0.15) is 5.82 Å². The molecule has 1 aromatic rings. The number of carbonyl (C=O) groups is 1. The predicted molar refractivity (Wildman–Crippen MR) is 75.5 cm³/mol. The third-order valence-corrected chi connectivity index (χ3v) is 3.96.